The number of anilines is 2. The second-order valence-corrected chi connectivity index (χ2v) is 13.0. The van der Waals surface area contributed by atoms with E-state index in [1.54, 1.807) is 19.4 Å². The van der Waals surface area contributed by atoms with E-state index in [9.17, 15) is 14.7 Å². The van der Waals surface area contributed by atoms with Gasteiger partial charge in [0.1, 0.15) is 11.2 Å². The molecule has 46 heavy (non-hydrogen) atoms. The third-order valence-corrected chi connectivity index (χ3v) is 10.2. The number of nitrogens with one attached hydrogen (secondary N) is 2. The number of nitrogens with zero attached hydrogens (tertiary/aromatic N) is 5. The molecule has 5 aromatic rings. The molecule has 12 heteroatoms. The number of benzene rings is 1. The smallest absolute Gasteiger partial charge is 0.341 e. The Kier molecular flexibility index (Phi) is 6.77. The second-order valence-electron chi connectivity index (χ2n) is 13.0. The molecule has 238 valence electrons. The maximum Gasteiger partial charge on any atom is 0.341 e. The minimum absolute atomic E-state index is 0.123. The number of hydrogen-bond donors (Lipinski definition) is 3. The van der Waals surface area contributed by atoms with E-state index >= 15 is 8.78 Å². The molecule has 0 radical (unpaired) electrons. The highest BCUT2D eigenvalue weighted by Gasteiger charge is 2.42. The number of carboxylic acids is 1. The van der Waals surface area contributed by atoms with Gasteiger partial charge in [-0.3, -0.25) is 14.1 Å². The van der Waals surface area contributed by atoms with Crippen LogP contribution in [0.5, 0.6) is 0 Å². The van der Waals surface area contributed by atoms with Crippen molar-refractivity contribution in [3.63, 3.8) is 0 Å². The summed E-state index contributed by atoms with van der Waals surface area (Å²) < 4.78 is 32.3. The third-order valence-electron chi connectivity index (χ3n) is 10.2. The lowest BCUT2D eigenvalue weighted by Crippen LogP contribution is -2.35. The van der Waals surface area contributed by atoms with Crippen molar-refractivity contribution in [2.24, 2.45) is 5.92 Å². The Bertz CT molecular complexity index is 2120. The van der Waals surface area contributed by atoms with Crippen LogP contribution in [-0.2, 0) is 6.54 Å². The Morgan fingerprint density at radius 1 is 1.13 bits per heavy atom. The average Bonchev–Trinajstić information content (AvgIpc) is 3.84. The normalized spacial score (nSPS) is 20.5. The Morgan fingerprint density at radius 2 is 1.93 bits per heavy atom. The van der Waals surface area contributed by atoms with Crippen molar-refractivity contribution >= 4 is 44.8 Å². The monoisotopic (exact) mass is 627 g/mol. The predicted molar refractivity (Wildman–Crippen MR) is 174 cm³/mol. The van der Waals surface area contributed by atoms with Crippen LogP contribution in [-0.4, -0.2) is 88.1 Å². The molecule has 3 aliphatic rings. The van der Waals surface area contributed by atoms with E-state index in [-0.39, 0.29) is 17.0 Å². The molecule has 0 unspecified atom stereocenters. The van der Waals surface area contributed by atoms with E-state index in [1.807, 2.05) is 12.1 Å². The number of aromatic amines is 1. The molecule has 0 saturated carbocycles. The molecule has 3 aliphatic heterocycles. The highest BCUT2D eigenvalue weighted by molar-refractivity contribution is 6.18. The lowest BCUT2D eigenvalue weighted by atomic mass is 9.99. The fraction of sp³-hybridized carbons (Fsp3) is 0.382. The fourth-order valence-corrected chi connectivity index (χ4v) is 8.09. The van der Waals surface area contributed by atoms with Crippen molar-refractivity contribution in [1.29, 1.82) is 0 Å². The van der Waals surface area contributed by atoms with Gasteiger partial charge in [0.2, 0.25) is 0 Å². The molecule has 0 aliphatic carbocycles. The Balaban J connectivity index is 1.40. The van der Waals surface area contributed by atoms with Gasteiger partial charge in [0.15, 0.2) is 11.6 Å². The molecule has 3 saturated heterocycles. The molecular weight excluding hydrogens is 592 g/mol. The summed E-state index contributed by atoms with van der Waals surface area (Å²) in [5, 5.41) is 13.5. The van der Waals surface area contributed by atoms with Crippen molar-refractivity contribution in [1.82, 2.24) is 24.2 Å². The van der Waals surface area contributed by atoms with Gasteiger partial charge in [-0.1, -0.05) is 6.07 Å². The van der Waals surface area contributed by atoms with Crippen molar-refractivity contribution in [2.75, 3.05) is 57.0 Å². The summed E-state index contributed by atoms with van der Waals surface area (Å²) in [6.45, 7) is 4.90. The quantitative estimate of drug-likeness (QED) is 0.248. The predicted octanol–water partition coefficient (Wildman–Crippen LogP) is 4.75. The number of rotatable bonds is 6. The molecule has 4 aromatic heterocycles. The molecule has 8 rings (SSSR count). The van der Waals surface area contributed by atoms with Crippen molar-refractivity contribution in [3.8, 4) is 11.1 Å². The zero-order valence-electron chi connectivity index (χ0n) is 25.7. The van der Waals surface area contributed by atoms with Crippen LogP contribution in [0.1, 0.15) is 35.2 Å². The molecule has 3 N–H and O–H groups in total. The topological polar surface area (TPSA) is 109 Å². The van der Waals surface area contributed by atoms with Gasteiger partial charge in [0.25, 0.3) is 5.56 Å². The summed E-state index contributed by atoms with van der Waals surface area (Å²) >= 11 is 0. The summed E-state index contributed by atoms with van der Waals surface area (Å²) in [4.78, 5) is 40.6. The summed E-state index contributed by atoms with van der Waals surface area (Å²) in [5.41, 5.74) is 3.79. The SMILES string of the molecule is CNc1cc(F)c(F)c2c1[nH]c1ncc(-c3ccc4c(CN5CCCC5)cc(C(=O)O)c(=O)n4c3)c(N3CC[C@@H]4CN(C)C[C@@H]43)c12. The number of pyridine rings is 3. The number of likely N-dealkylation sites (N-methyl/N-ethyl adjacent to an activating group) is 1. The number of halogens is 2. The van der Waals surface area contributed by atoms with Crippen LogP contribution in [0.4, 0.5) is 20.2 Å². The van der Waals surface area contributed by atoms with Gasteiger partial charge in [-0.05, 0) is 63.0 Å². The average molecular weight is 628 g/mol. The molecule has 0 spiro atoms. The van der Waals surface area contributed by atoms with E-state index in [2.05, 4.69) is 32.0 Å². The summed E-state index contributed by atoms with van der Waals surface area (Å²) in [5.74, 6) is -2.77. The Labute approximate surface area is 263 Å². The number of aromatic carboxylic acids is 1. The number of hydrogen-bond acceptors (Lipinski definition) is 7. The molecular formula is C34H35F2N7O3. The van der Waals surface area contributed by atoms with Crippen LogP contribution in [0, 0.1) is 17.6 Å². The first-order chi connectivity index (χ1) is 22.2. The van der Waals surface area contributed by atoms with E-state index in [4.69, 9.17) is 4.98 Å². The molecule has 10 nitrogen and oxygen atoms in total. The van der Waals surface area contributed by atoms with Crippen LogP contribution >= 0.6 is 0 Å². The molecule has 0 amide bonds. The van der Waals surface area contributed by atoms with Gasteiger partial charge >= 0.3 is 5.97 Å². The lowest BCUT2D eigenvalue weighted by molar-refractivity contribution is 0.0694. The van der Waals surface area contributed by atoms with Crippen LogP contribution < -0.4 is 15.8 Å². The summed E-state index contributed by atoms with van der Waals surface area (Å²) in [7, 11) is 3.75. The zero-order chi connectivity index (χ0) is 31.9. The van der Waals surface area contributed by atoms with Crippen LogP contribution in [0.25, 0.3) is 38.6 Å². The molecule has 1 aromatic carbocycles. The third kappa shape index (κ3) is 4.38. The summed E-state index contributed by atoms with van der Waals surface area (Å²) in [6, 6.07) is 6.57. The van der Waals surface area contributed by atoms with E-state index in [0.717, 1.165) is 69.3 Å². The first-order valence-electron chi connectivity index (χ1n) is 15.8. The van der Waals surface area contributed by atoms with E-state index < -0.39 is 23.2 Å². The van der Waals surface area contributed by atoms with E-state index in [0.29, 0.717) is 51.3 Å². The summed E-state index contributed by atoms with van der Waals surface area (Å²) in [6.07, 6.45) is 6.51. The Hall–Kier alpha value is -4.55. The fourth-order valence-electron chi connectivity index (χ4n) is 8.09. The number of carboxylic acid groups (broad SMARTS) is 1. The minimum Gasteiger partial charge on any atom is -0.477 e. The largest absolute Gasteiger partial charge is 0.477 e. The van der Waals surface area contributed by atoms with Gasteiger partial charge in [-0.2, -0.15) is 0 Å². The van der Waals surface area contributed by atoms with Gasteiger partial charge in [0.05, 0.1) is 33.2 Å². The Morgan fingerprint density at radius 3 is 2.70 bits per heavy atom. The minimum atomic E-state index is -1.28. The van der Waals surface area contributed by atoms with E-state index in [1.165, 1.54) is 10.5 Å². The standard InChI is InChI=1S/C34H35F2N7O3/c1-37-24-12-23(35)29(36)27-28-31(42-10-7-19-14-40(2)17-26(19)42)22(13-38-32(28)39-30(24)27)18-5-6-25-20(15-41-8-3-4-9-41)11-21(34(45)46)33(44)43(25)16-18/h5-6,11-13,16,19,26,37H,3-4,7-10,14-15,17H2,1-2H3,(H,38,39)(H,45,46)/t19-,26+/m1/s1. The van der Waals surface area contributed by atoms with Crippen LogP contribution in [0.15, 0.2) is 41.5 Å². The maximum absolute atomic E-state index is 15.8. The van der Waals surface area contributed by atoms with Crippen LogP contribution in [0.3, 0.4) is 0 Å². The van der Waals surface area contributed by atoms with Gasteiger partial charge in [0, 0.05) is 68.9 Å². The number of carbonyl (C=O) groups is 1. The zero-order valence-corrected chi connectivity index (χ0v) is 25.7. The number of aromatic nitrogens is 3. The van der Waals surface area contributed by atoms with Gasteiger partial charge < -0.3 is 25.2 Å². The first kappa shape index (κ1) is 28.9. The second kappa shape index (κ2) is 10.8. The van der Waals surface area contributed by atoms with Crippen molar-refractivity contribution in [2.45, 2.75) is 31.8 Å². The van der Waals surface area contributed by atoms with Crippen molar-refractivity contribution < 1.29 is 18.7 Å². The molecule has 0 bridgehead atoms. The van der Waals surface area contributed by atoms with Gasteiger partial charge in [-0.25, -0.2) is 18.6 Å². The number of fused-ring (bicyclic) bond motifs is 5. The lowest BCUT2D eigenvalue weighted by Gasteiger charge is -2.29. The van der Waals surface area contributed by atoms with Crippen LogP contribution in [0.2, 0.25) is 0 Å². The highest BCUT2D eigenvalue weighted by Crippen LogP contribution is 2.46. The molecule has 3 fully saturated rings. The van der Waals surface area contributed by atoms with Crippen molar-refractivity contribution in [3.05, 3.63) is 69.8 Å². The highest BCUT2D eigenvalue weighted by atomic mass is 19.2. The maximum atomic E-state index is 15.8. The first-order valence-corrected chi connectivity index (χ1v) is 15.8. The number of likely N-dealkylation sites (tertiary alicyclic amines) is 2. The molecule has 2 atom stereocenters. The molecule has 7 heterocycles. The number of H-pyrrole nitrogens is 1. The van der Waals surface area contributed by atoms with Gasteiger partial charge in [-0.15, -0.1) is 0 Å².